The molecule has 3 aromatic heterocycles. The second-order valence-electron chi connectivity index (χ2n) is 6.42. The fraction of sp³-hybridized carbons (Fsp3) is 0.0476. The smallest absolute Gasteiger partial charge is 0.236 e. The van der Waals surface area contributed by atoms with E-state index in [1.54, 1.807) is 17.4 Å². The minimum atomic E-state index is -0.327. The first-order valence-electron chi connectivity index (χ1n) is 9.21. The Kier molecular flexibility index (Phi) is 5.49. The number of carbonyl (C=O) groups is 1. The number of amides is 1. The molecule has 31 heavy (non-hydrogen) atoms. The topological polar surface area (TPSA) is 72.7 Å². The molecule has 0 saturated heterocycles. The van der Waals surface area contributed by atoms with Crippen LogP contribution in [0.4, 0.5) is 9.52 Å². The van der Waals surface area contributed by atoms with Gasteiger partial charge in [-0.15, -0.1) is 21.5 Å². The van der Waals surface area contributed by atoms with Gasteiger partial charge in [0.1, 0.15) is 5.82 Å². The molecule has 0 bridgehead atoms. The molecular formula is C21H14FN5OS3. The van der Waals surface area contributed by atoms with Crippen LogP contribution in [0.1, 0.15) is 0 Å². The van der Waals surface area contributed by atoms with E-state index >= 15 is 0 Å². The molecule has 0 atom stereocenters. The van der Waals surface area contributed by atoms with E-state index in [1.165, 1.54) is 35.2 Å². The SMILES string of the molecule is O=C(CSc1nnc(-c2cccs2)n1-c1ccccc1)Nc1nc2ccc(F)cc2s1. The first-order valence-corrected chi connectivity index (χ1v) is 11.9. The Morgan fingerprint density at radius 2 is 1.97 bits per heavy atom. The molecular weight excluding hydrogens is 453 g/mol. The Labute approximate surface area is 188 Å². The summed E-state index contributed by atoms with van der Waals surface area (Å²) in [7, 11) is 0. The number of thioether (sulfide) groups is 1. The largest absolute Gasteiger partial charge is 0.301 e. The molecule has 1 amide bonds. The second-order valence-corrected chi connectivity index (χ2v) is 9.34. The number of fused-ring (bicyclic) bond motifs is 1. The number of aromatic nitrogens is 4. The lowest BCUT2D eigenvalue weighted by Gasteiger charge is -2.09. The number of hydrogen-bond donors (Lipinski definition) is 1. The van der Waals surface area contributed by atoms with Crippen LogP contribution in [0, 0.1) is 5.82 Å². The monoisotopic (exact) mass is 467 g/mol. The third-order valence-electron chi connectivity index (χ3n) is 4.32. The van der Waals surface area contributed by atoms with Crippen molar-refractivity contribution in [3.05, 3.63) is 71.9 Å². The van der Waals surface area contributed by atoms with Gasteiger partial charge in [-0.3, -0.25) is 9.36 Å². The number of hydrogen-bond acceptors (Lipinski definition) is 7. The Bertz CT molecular complexity index is 1350. The van der Waals surface area contributed by atoms with Crippen molar-refractivity contribution in [1.29, 1.82) is 0 Å². The maximum absolute atomic E-state index is 13.4. The van der Waals surface area contributed by atoms with Gasteiger partial charge in [-0.2, -0.15) is 0 Å². The van der Waals surface area contributed by atoms with E-state index in [2.05, 4.69) is 20.5 Å². The highest BCUT2D eigenvalue weighted by Gasteiger charge is 2.18. The number of halogens is 1. The van der Waals surface area contributed by atoms with Crippen LogP contribution in [-0.4, -0.2) is 31.4 Å². The summed E-state index contributed by atoms with van der Waals surface area (Å²) < 4.78 is 16.0. The van der Waals surface area contributed by atoms with E-state index in [0.717, 1.165) is 16.4 Å². The Hall–Kier alpha value is -3.08. The number of para-hydroxylation sites is 1. The van der Waals surface area contributed by atoms with Crippen LogP contribution in [0.5, 0.6) is 0 Å². The molecule has 0 saturated carbocycles. The van der Waals surface area contributed by atoms with Gasteiger partial charge in [-0.05, 0) is 41.8 Å². The van der Waals surface area contributed by atoms with E-state index in [0.29, 0.717) is 20.5 Å². The third-order valence-corrected chi connectivity index (χ3v) is 7.05. The number of nitrogens with zero attached hydrogens (tertiary/aromatic N) is 4. The first-order chi connectivity index (χ1) is 15.2. The number of benzene rings is 2. The summed E-state index contributed by atoms with van der Waals surface area (Å²) in [5, 5.41) is 14.5. The predicted molar refractivity (Wildman–Crippen MR) is 124 cm³/mol. The number of carbonyl (C=O) groups excluding carboxylic acids is 1. The highest BCUT2D eigenvalue weighted by molar-refractivity contribution is 7.99. The van der Waals surface area contributed by atoms with E-state index in [9.17, 15) is 9.18 Å². The lowest BCUT2D eigenvalue weighted by Crippen LogP contribution is -2.14. The summed E-state index contributed by atoms with van der Waals surface area (Å²) in [5.41, 5.74) is 1.57. The van der Waals surface area contributed by atoms with Gasteiger partial charge in [-0.1, -0.05) is 47.4 Å². The molecule has 0 aliphatic heterocycles. The first kappa shape index (κ1) is 19.9. The number of anilines is 1. The van der Waals surface area contributed by atoms with Crippen molar-refractivity contribution in [1.82, 2.24) is 19.7 Å². The van der Waals surface area contributed by atoms with Crippen molar-refractivity contribution in [3.63, 3.8) is 0 Å². The average Bonchev–Trinajstić information content (AvgIpc) is 3.51. The minimum absolute atomic E-state index is 0.139. The lowest BCUT2D eigenvalue weighted by molar-refractivity contribution is -0.113. The second kappa shape index (κ2) is 8.58. The molecule has 0 unspecified atom stereocenters. The quantitative estimate of drug-likeness (QED) is 0.335. The number of nitrogens with one attached hydrogen (secondary N) is 1. The van der Waals surface area contributed by atoms with Gasteiger partial charge in [-0.25, -0.2) is 9.37 Å². The predicted octanol–water partition coefficient (Wildman–Crippen LogP) is 5.48. The van der Waals surface area contributed by atoms with Crippen molar-refractivity contribution in [2.45, 2.75) is 5.16 Å². The Morgan fingerprint density at radius 1 is 1.10 bits per heavy atom. The van der Waals surface area contributed by atoms with E-state index in [-0.39, 0.29) is 17.5 Å². The third kappa shape index (κ3) is 4.22. The lowest BCUT2D eigenvalue weighted by atomic mass is 10.3. The van der Waals surface area contributed by atoms with Gasteiger partial charge in [0.05, 0.1) is 20.8 Å². The van der Waals surface area contributed by atoms with E-state index < -0.39 is 0 Å². The van der Waals surface area contributed by atoms with Gasteiger partial charge < -0.3 is 5.32 Å². The molecule has 2 aromatic carbocycles. The maximum atomic E-state index is 13.4. The van der Waals surface area contributed by atoms with Gasteiger partial charge in [0.2, 0.25) is 5.91 Å². The molecule has 5 aromatic rings. The van der Waals surface area contributed by atoms with Gasteiger partial charge >= 0.3 is 0 Å². The average molecular weight is 468 g/mol. The summed E-state index contributed by atoms with van der Waals surface area (Å²) in [4.78, 5) is 17.8. The van der Waals surface area contributed by atoms with Gasteiger partial charge in [0, 0.05) is 5.69 Å². The molecule has 10 heteroatoms. The molecule has 0 aliphatic rings. The summed E-state index contributed by atoms with van der Waals surface area (Å²) in [6, 6.07) is 18.1. The Morgan fingerprint density at radius 3 is 2.77 bits per heavy atom. The zero-order valence-corrected chi connectivity index (χ0v) is 18.3. The van der Waals surface area contributed by atoms with Gasteiger partial charge in [0.25, 0.3) is 0 Å². The van der Waals surface area contributed by atoms with Crippen molar-refractivity contribution in [3.8, 4) is 16.4 Å². The van der Waals surface area contributed by atoms with Crippen LogP contribution < -0.4 is 5.32 Å². The van der Waals surface area contributed by atoms with Crippen LogP contribution in [0.25, 0.3) is 26.6 Å². The highest BCUT2D eigenvalue weighted by Crippen LogP contribution is 2.31. The summed E-state index contributed by atoms with van der Waals surface area (Å²) >= 11 is 4.12. The number of thiazole rings is 1. The highest BCUT2D eigenvalue weighted by atomic mass is 32.2. The zero-order valence-electron chi connectivity index (χ0n) is 15.9. The fourth-order valence-electron chi connectivity index (χ4n) is 2.98. The normalized spacial score (nSPS) is 11.1. The molecule has 0 aliphatic carbocycles. The standard InChI is InChI=1S/C21H14FN5OS3/c22-13-8-9-15-17(11-13)31-20(23-15)24-18(28)12-30-21-26-25-19(16-7-4-10-29-16)27(21)14-5-2-1-3-6-14/h1-11H,12H2,(H,23,24,28). The summed E-state index contributed by atoms with van der Waals surface area (Å²) in [6.07, 6.45) is 0. The van der Waals surface area contributed by atoms with Crippen LogP contribution in [-0.2, 0) is 4.79 Å². The molecule has 0 fully saturated rings. The van der Waals surface area contributed by atoms with Crippen molar-refractivity contribution >= 4 is 55.7 Å². The molecule has 0 radical (unpaired) electrons. The van der Waals surface area contributed by atoms with Crippen LogP contribution in [0.2, 0.25) is 0 Å². The van der Waals surface area contributed by atoms with Crippen LogP contribution in [0.3, 0.4) is 0 Å². The summed E-state index contributed by atoms with van der Waals surface area (Å²) in [5.74, 6) is 0.327. The van der Waals surface area contributed by atoms with Crippen LogP contribution >= 0.6 is 34.4 Å². The minimum Gasteiger partial charge on any atom is -0.301 e. The molecule has 1 N–H and O–H groups in total. The maximum Gasteiger partial charge on any atom is 0.236 e. The molecule has 3 heterocycles. The number of rotatable bonds is 6. The molecule has 5 rings (SSSR count). The van der Waals surface area contributed by atoms with E-state index in [4.69, 9.17) is 0 Å². The van der Waals surface area contributed by atoms with E-state index in [1.807, 2.05) is 52.4 Å². The van der Waals surface area contributed by atoms with Crippen molar-refractivity contribution < 1.29 is 9.18 Å². The van der Waals surface area contributed by atoms with Crippen molar-refractivity contribution in [2.75, 3.05) is 11.1 Å². The van der Waals surface area contributed by atoms with Gasteiger partial charge in [0.15, 0.2) is 16.1 Å². The van der Waals surface area contributed by atoms with Crippen molar-refractivity contribution in [2.24, 2.45) is 0 Å². The Balaban J connectivity index is 1.35. The zero-order chi connectivity index (χ0) is 21.2. The molecule has 0 spiro atoms. The summed E-state index contributed by atoms with van der Waals surface area (Å²) in [6.45, 7) is 0. The molecule has 6 nitrogen and oxygen atoms in total. The van der Waals surface area contributed by atoms with Crippen LogP contribution in [0.15, 0.2) is 71.2 Å². The molecule has 154 valence electrons. The fourth-order valence-corrected chi connectivity index (χ4v) is 5.33. The number of thiophene rings is 1.